The van der Waals surface area contributed by atoms with Crippen LogP contribution < -0.4 is 5.73 Å². The highest BCUT2D eigenvalue weighted by Crippen LogP contribution is 2.06. The summed E-state index contributed by atoms with van der Waals surface area (Å²) in [7, 11) is 0. The molecule has 0 aliphatic carbocycles. The first-order chi connectivity index (χ1) is 6.70. The molecule has 0 heterocycles. The first-order valence-electron chi connectivity index (χ1n) is 5.03. The van der Waals surface area contributed by atoms with E-state index in [1.54, 1.807) is 0 Å². The highest BCUT2D eigenvalue weighted by atomic mass is 16.1. The molecule has 2 nitrogen and oxygen atoms in total. The molecular weight excluding hydrogens is 174 g/mol. The molecule has 0 bridgehead atoms. The number of carbonyl (C=O) groups is 1. The Bertz CT molecular complexity index is 256. The quantitative estimate of drug-likeness (QED) is 0.787. The molecule has 0 fully saturated rings. The number of nitrogens with two attached hydrogens (primary N) is 1. The van der Waals surface area contributed by atoms with E-state index in [1.165, 1.54) is 0 Å². The van der Waals surface area contributed by atoms with E-state index in [1.807, 2.05) is 51.1 Å². The van der Waals surface area contributed by atoms with Crippen LogP contribution in [0.15, 0.2) is 30.3 Å². The van der Waals surface area contributed by atoms with Crippen molar-refractivity contribution in [2.75, 3.05) is 0 Å². The van der Waals surface area contributed by atoms with Gasteiger partial charge in [0.1, 0.15) is 0 Å². The van der Waals surface area contributed by atoms with Crippen molar-refractivity contribution in [2.24, 2.45) is 11.7 Å². The second kappa shape index (κ2) is 7.13. The van der Waals surface area contributed by atoms with Crippen LogP contribution in [0.4, 0.5) is 0 Å². The number of amides is 1. The van der Waals surface area contributed by atoms with E-state index >= 15 is 0 Å². The minimum absolute atomic E-state index is 0.0765. The minimum Gasteiger partial charge on any atom is -0.369 e. The van der Waals surface area contributed by atoms with Gasteiger partial charge in [-0.15, -0.1) is 0 Å². The Labute approximate surface area is 86.1 Å². The molecule has 1 aromatic carbocycles. The maximum absolute atomic E-state index is 10.7. The fraction of sp³-hybridized carbons (Fsp3) is 0.417. The molecule has 0 spiro atoms. The van der Waals surface area contributed by atoms with Gasteiger partial charge in [-0.05, 0) is 12.0 Å². The number of primary amides is 1. The van der Waals surface area contributed by atoms with Crippen molar-refractivity contribution in [3.05, 3.63) is 35.9 Å². The molecule has 0 saturated carbocycles. The zero-order valence-corrected chi connectivity index (χ0v) is 9.16. The number of carbonyl (C=O) groups excluding carboxylic acids is 1. The summed E-state index contributed by atoms with van der Waals surface area (Å²) in [4.78, 5) is 10.7. The van der Waals surface area contributed by atoms with Gasteiger partial charge in [-0.3, -0.25) is 4.79 Å². The van der Waals surface area contributed by atoms with Crippen molar-refractivity contribution in [3.8, 4) is 0 Å². The molecule has 0 saturated heterocycles. The Morgan fingerprint density at radius 1 is 1.29 bits per heavy atom. The second-order valence-corrected chi connectivity index (χ2v) is 2.99. The molecule has 78 valence electrons. The normalized spacial score (nSPS) is 11.1. The van der Waals surface area contributed by atoms with Gasteiger partial charge in [0.05, 0.1) is 0 Å². The summed E-state index contributed by atoms with van der Waals surface area (Å²) in [6, 6.07) is 9.88. The van der Waals surface area contributed by atoms with Gasteiger partial charge < -0.3 is 5.73 Å². The predicted octanol–water partition coefficient (Wildman–Crippen LogP) is 2.38. The molecule has 0 aliphatic heterocycles. The van der Waals surface area contributed by atoms with Gasteiger partial charge in [-0.1, -0.05) is 51.1 Å². The summed E-state index contributed by atoms with van der Waals surface area (Å²) in [6.45, 7) is 5.84. The van der Waals surface area contributed by atoms with Gasteiger partial charge in [-0.2, -0.15) is 0 Å². The largest absolute Gasteiger partial charge is 0.369 e. The van der Waals surface area contributed by atoms with Crippen LogP contribution >= 0.6 is 0 Å². The maximum Gasteiger partial charge on any atom is 0.220 e. The summed E-state index contributed by atoms with van der Waals surface area (Å²) in [5, 5.41) is 0. The number of hydrogen-bond donors (Lipinski definition) is 1. The molecule has 14 heavy (non-hydrogen) atoms. The standard InChI is InChI=1S/C10H13NO.C2H6/c1-8(10(11)12)7-9-5-3-2-4-6-9;1-2/h2-6,8H,7H2,1H3,(H2,11,12);1-2H3. The summed E-state index contributed by atoms with van der Waals surface area (Å²) >= 11 is 0. The Morgan fingerprint density at radius 3 is 2.21 bits per heavy atom. The van der Waals surface area contributed by atoms with Crippen LogP contribution in [-0.4, -0.2) is 5.91 Å². The highest BCUT2D eigenvalue weighted by molar-refractivity contribution is 5.76. The monoisotopic (exact) mass is 193 g/mol. The first kappa shape index (κ1) is 12.7. The lowest BCUT2D eigenvalue weighted by molar-refractivity contribution is -0.121. The molecule has 0 aliphatic rings. The van der Waals surface area contributed by atoms with Crippen LogP contribution in [0.2, 0.25) is 0 Å². The summed E-state index contributed by atoms with van der Waals surface area (Å²) in [5.74, 6) is -0.314. The minimum atomic E-state index is -0.237. The zero-order chi connectivity index (χ0) is 11.0. The fourth-order valence-corrected chi connectivity index (χ4v) is 1.07. The third kappa shape index (κ3) is 4.65. The van der Waals surface area contributed by atoms with Crippen molar-refractivity contribution >= 4 is 5.91 Å². The van der Waals surface area contributed by atoms with Crippen LogP contribution in [0.1, 0.15) is 26.3 Å². The van der Waals surface area contributed by atoms with Crippen LogP contribution in [0.5, 0.6) is 0 Å². The molecule has 1 atom stereocenters. The van der Waals surface area contributed by atoms with Crippen LogP contribution in [0.25, 0.3) is 0 Å². The SMILES string of the molecule is CC.CC(Cc1ccccc1)C(N)=O. The van der Waals surface area contributed by atoms with Crippen molar-refractivity contribution in [2.45, 2.75) is 27.2 Å². The predicted molar refractivity (Wildman–Crippen MR) is 59.9 cm³/mol. The van der Waals surface area contributed by atoms with Crippen LogP contribution in [0, 0.1) is 5.92 Å². The van der Waals surface area contributed by atoms with Gasteiger partial charge in [-0.25, -0.2) is 0 Å². The molecule has 1 rings (SSSR count). The van der Waals surface area contributed by atoms with Gasteiger partial charge in [0.2, 0.25) is 5.91 Å². The molecule has 0 radical (unpaired) electrons. The Morgan fingerprint density at radius 2 is 1.79 bits per heavy atom. The number of hydrogen-bond acceptors (Lipinski definition) is 1. The summed E-state index contributed by atoms with van der Waals surface area (Å²) < 4.78 is 0. The lowest BCUT2D eigenvalue weighted by Gasteiger charge is -2.05. The molecule has 1 amide bonds. The summed E-state index contributed by atoms with van der Waals surface area (Å²) in [6.07, 6.45) is 0.732. The van der Waals surface area contributed by atoms with E-state index in [4.69, 9.17) is 5.73 Å². The van der Waals surface area contributed by atoms with E-state index in [-0.39, 0.29) is 11.8 Å². The number of benzene rings is 1. The topological polar surface area (TPSA) is 43.1 Å². The van der Waals surface area contributed by atoms with E-state index in [0.29, 0.717) is 0 Å². The molecule has 1 aromatic rings. The first-order valence-corrected chi connectivity index (χ1v) is 5.03. The van der Waals surface area contributed by atoms with Gasteiger partial charge in [0, 0.05) is 5.92 Å². The average molecular weight is 193 g/mol. The smallest absolute Gasteiger partial charge is 0.220 e. The fourth-order valence-electron chi connectivity index (χ4n) is 1.07. The third-order valence-corrected chi connectivity index (χ3v) is 1.87. The maximum atomic E-state index is 10.7. The molecule has 1 unspecified atom stereocenters. The van der Waals surface area contributed by atoms with Crippen molar-refractivity contribution in [3.63, 3.8) is 0 Å². The van der Waals surface area contributed by atoms with Crippen molar-refractivity contribution in [1.29, 1.82) is 0 Å². The van der Waals surface area contributed by atoms with Crippen molar-refractivity contribution < 1.29 is 4.79 Å². The summed E-state index contributed by atoms with van der Waals surface area (Å²) in [5.41, 5.74) is 6.30. The van der Waals surface area contributed by atoms with Gasteiger partial charge in [0.15, 0.2) is 0 Å². The number of rotatable bonds is 3. The lowest BCUT2D eigenvalue weighted by Crippen LogP contribution is -2.22. The van der Waals surface area contributed by atoms with Crippen molar-refractivity contribution in [1.82, 2.24) is 0 Å². The van der Waals surface area contributed by atoms with E-state index < -0.39 is 0 Å². The van der Waals surface area contributed by atoms with E-state index in [9.17, 15) is 4.79 Å². The Kier molecular flexibility index (Phi) is 6.46. The molecule has 0 aromatic heterocycles. The Balaban J connectivity index is 0.000000791. The Hall–Kier alpha value is -1.31. The zero-order valence-electron chi connectivity index (χ0n) is 9.16. The van der Waals surface area contributed by atoms with Gasteiger partial charge in [0.25, 0.3) is 0 Å². The van der Waals surface area contributed by atoms with Gasteiger partial charge >= 0.3 is 0 Å². The second-order valence-electron chi connectivity index (χ2n) is 2.99. The lowest BCUT2D eigenvalue weighted by atomic mass is 10.0. The third-order valence-electron chi connectivity index (χ3n) is 1.87. The van der Waals surface area contributed by atoms with E-state index in [0.717, 1.165) is 12.0 Å². The molecule has 2 heteroatoms. The molecular formula is C12H19NO. The highest BCUT2D eigenvalue weighted by Gasteiger charge is 2.08. The average Bonchev–Trinajstić information content (AvgIpc) is 2.22. The van der Waals surface area contributed by atoms with E-state index in [2.05, 4.69) is 0 Å². The molecule has 2 N–H and O–H groups in total. The van der Waals surface area contributed by atoms with Crippen LogP contribution in [-0.2, 0) is 11.2 Å². The van der Waals surface area contributed by atoms with Crippen LogP contribution in [0.3, 0.4) is 0 Å².